The van der Waals surface area contributed by atoms with Crippen molar-refractivity contribution in [1.82, 2.24) is 0 Å². The first-order valence-corrected chi connectivity index (χ1v) is 6.85. The van der Waals surface area contributed by atoms with Gasteiger partial charge in [0.1, 0.15) is 6.61 Å². The second-order valence-electron chi connectivity index (χ2n) is 3.92. The van der Waals surface area contributed by atoms with E-state index >= 15 is 0 Å². The normalized spacial score (nSPS) is 11.3. The Morgan fingerprint density at radius 2 is 1.85 bits per heavy atom. The molecule has 0 unspecified atom stereocenters. The lowest BCUT2D eigenvalue weighted by Crippen LogP contribution is -2.05. The summed E-state index contributed by atoms with van der Waals surface area (Å²) in [5.74, 6) is 2.04. The van der Waals surface area contributed by atoms with Crippen LogP contribution in [-0.4, -0.2) is 24.6 Å². The molecule has 4 heteroatoms. The SMILES string of the molecule is CC(C)(C)CCSSCCOC=O. The highest BCUT2D eigenvalue weighted by Gasteiger charge is 2.08. The minimum absolute atomic E-state index is 0.423. The molecule has 0 aliphatic heterocycles. The van der Waals surface area contributed by atoms with Gasteiger partial charge in [0.25, 0.3) is 6.47 Å². The van der Waals surface area contributed by atoms with Gasteiger partial charge in [0.2, 0.25) is 0 Å². The summed E-state index contributed by atoms with van der Waals surface area (Å²) in [6.45, 7) is 7.76. The minimum Gasteiger partial charge on any atom is -0.467 e. The van der Waals surface area contributed by atoms with Gasteiger partial charge in [-0.1, -0.05) is 42.4 Å². The zero-order valence-corrected chi connectivity index (χ0v) is 10.2. The van der Waals surface area contributed by atoms with Crippen LogP contribution in [0.3, 0.4) is 0 Å². The van der Waals surface area contributed by atoms with Crippen molar-refractivity contribution in [2.75, 3.05) is 18.1 Å². The Bertz CT molecular complexity index is 132. The lowest BCUT2D eigenvalue weighted by atomic mass is 9.94. The van der Waals surface area contributed by atoms with Crippen molar-refractivity contribution in [3.05, 3.63) is 0 Å². The van der Waals surface area contributed by atoms with Crippen molar-refractivity contribution < 1.29 is 9.53 Å². The zero-order chi connectivity index (χ0) is 10.2. The standard InChI is InChI=1S/C9H18O2S2/c1-9(2,3)4-6-12-13-7-5-11-8-10/h8H,4-7H2,1-3H3. The van der Waals surface area contributed by atoms with Gasteiger partial charge in [-0.05, 0) is 11.8 Å². The van der Waals surface area contributed by atoms with E-state index in [2.05, 4.69) is 25.5 Å². The van der Waals surface area contributed by atoms with Crippen LogP contribution in [0.5, 0.6) is 0 Å². The number of hydrogen-bond donors (Lipinski definition) is 0. The molecule has 13 heavy (non-hydrogen) atoms. The minimum atomic E-state index is 0.423. The fourth-order valence-corrected chi connectivity index (χ4v) is 2.85. The molecule has 0 aromatic carbocycles. The van der Waals surface area contributed by atoms with Crippen LogP contribution >= 0.6 is 21.6 Å². The molecule has 0 N–H and O–H groups in total. The average molecular weight is 222 g/mol. The topological polar surface area (TPSA) is 26.3 Å². The van der Waals surface area contributed by atoms with Crippen molar-refractivity contribution >= 4 is 28.1 Å². The number of rotatable bonds is 7. The third-order valence-corrected chi connectivity index (χ3v) is 3.74. The molecule has 0 saturated heterocycles. The van der Waals surface area contributed by atoms with Gasteiger partial charge in [-0.3, -0.25) is 4.79 Å². The van der Waals surface area contributed by atoms with E-state index in [1.54, 1.807) is 10.8 Å². The van der Waals surface area contributed by atoms with Crippen molar-refractivity contribution in [1.29, 1.82) is 0 Å². The van der Waals surface area contributed by atoms with E-state index in [-0.39, 0.29) is 0 Å². The predicted molar refractivity (Wildman–Crippen MR) is 61.0 cm³/mol. The first-order valence-electron chi connectivity index (χ1n) is 4.36. The Morgan fingerprint density at radius 1 is 1.23 bits per heavy atom. The van der Waals surface area contributed by atoms with Crippen molar-refractivity contribution in [2.45, 2.75) is 27.2 Å². The monoisotopic (exact) mass is 222 g/mol. The molecular formula is C9H18O2S2. The highest BCUT2D eigenvalue weighted by molar-refractivity contribution is 8.76. The van der Waals surface area contributed by atoms with Gasteiger partial charge in [-0.15, -0.1) is 0 Å². The van der Waals surface area contributed by atoms with Gasteiger partial charge in [0, 0.05) is 11.5 Å². The molecule has 0 rings (SSSR count). The molecule has 0 aliphatic rings. The fourth-order valence-electron chi connectivity index (χ4n) is 0.596. The summed E-state index contributed by atoms with van der Waals surface area (Å²) in [6, 6.07) is 0. The van der Waals surface area contributed by atoms with Crippen LogP contribution in [0.4, 0.5) is 0 Å². The van der Waals surface area contributed by atoms with Gasteiger partial charge in [0.15, 0.2) is 0 Å². The highest BCUT2D eigenvalue weighted by atomic mass is 33.1. The molecule has 0 heterocycles. The Labute approximate surface area is 88.6 Å². The van der Waals surface area contributed by atoms with Crippen LogP contribution in [0.1, 0.15) is 27.2 Å². The maximum absolute atomic E-state index is 9.79. The highest BCUT2D eigenvalue weighted by Crippen LogP contribution is 2.27. The van der Waals surface area contributed by atoms with Gasteiger partial charge < -0.3 is 4.74 Å². The number of carbonyl (C=O) groups excluding carboxylic acids is 1. The van der Waals surface area contributed by atoms with Gasteiger partial charge in [-0.25, -0.2) is 0 Å². The molecule has 0 amide bonds. The van der Waals surface area contributed by atoms with Crippen LogP contribution in [0.2, 0.25) is 0 Å². The van der Waals surface area contributed by atoms with Gasteiger partial charge in [0.05, 0.1) is 0 Å². The average Bonchev–Trinajstić information content (AvgIpc) is 2.01. The lowest BCUT2D eigenvalue weighted by Gasteiger charge is -2.16. The van der Waals surface area contributed by atoms with Crippen molar-refractivity contribution in [2.24, 2.45) is 5.41 Å². The summed E-state index contributed by atoms with van der Waals surface area (Å²) in [5, 5.41) is 0. The molecule has 2 nitrogen and oxygen atoms in total. The maximum atomic E-state index is 9.79. The summed E-state index contributed by atoms with van der Waals surface area (Å²) in [7, 11) is 3.62. The molecule has 0 bridgehead atoms. The van der Waals surface area contributed by atoms with Crippen molar-refractivity contribution in [3.8, 4) is 0 Å². The molecular weight excluding hydrogens is 204 g/mol. The summed E-state index contributed by atoms with van der Waals surface area (Å²) in [6.07, 6.45) is 1.22. The van der Waals surface area contributed by atoms with Crippen LogP contribution < -0.4 is 0 Å². The number of carbonyl (C=O) groups is 1. The first-order chi connectivity index (χ1) is 6.06. The quantitative estimate of drug-likeness (QED) is 0.376. The Kier molecular flexibility index (Phi) is 7.66. The summed E-state index contributed by atoms with van der Waals surface area (Å²) >= 11 is 0. The lowest BCUT2D eigenvalue weighted by molar-refractivity contribution is -0.128. The third-order valence-electron chi connectivity index (χ3n) is 1.37. The smallest absolute Gasteiger partial charge is 0.293 e. The van der Waals surface area contributed by atoms with E-state index in [0.717, 1.165) is 11.5 Å². The summed E-state index contributed by atoms with van der Waals surface area (Å²) in [5.41, 5.74) is 0.423. The largest absolute Gasteiger partial charge is 0.467 e. The Hall–Kier alpha value is 0.170. The van der Waals surface area contributed by atoms with E-state index in [1.165, 1.54) is 6.42 Å². The summed E-state index contributed by atoms with van der Waals surface area (Å²) in [4.78, 5) is 9.79. The third kappa shape index (κ3) is 12.2. The molecule has 0 aromatic heterocycles. The van der Waals surface area contributed by atoms with E-state index in [4.69, 9.17) is 0 Å². The van der Waals surface area contributed by atoms with E-state index in [0.29, 0.717) is 18.5 Å². The van der Waals surface area contributed by atoms with E-state index in [9.17, 15) is 4.79 Å². The molecule has 0 aromatic rings. The molecule has 0 fully saturated rings. The van der Waals surface area contributed by atoms with Crippen LogP contribution in [0.25, 0.3) is 0 Å². The zero-order valence-electron chi connectivity index (χ0n) is 8.54. The second kappa shape index (κ2) is 7.56. The van der Waals surface area contributed by atoms with E-state index in [1.807, 2.05) is 10.8 Å². The molecule has 0 spiro atoms. The van der Waals surface area contributed by atoms with Gasteiger partial charge in [-0.2, -0.15) is 0 Å². The molecule has 0 atom stereocenters. The molecule has 78 valence electrons. The second-order valence-corrected chi connectivity index (χ2v) is 6.62. The first kappa shape index (κ1) is 13.2. The molecule has 0 aliphatic carbocycles. The maximum Gasteiger partial charge on any atom is 0.293 e. The van der Waals surface area contributed by atoms with Crippen molar-refractivity contribution in [3.63, 3.8) is 0 Å². The number of hydrogen-bond acceptors (Lipinski definition) is 4. The number of ether oxygens (including phenoxy) is 1. The molecule has 0 radical (unpaired) electrons. The predicted octanol–water partition coefficient (Wildman–Crippen LogP) is 2.98. The van der Waals surface area contributed by atoms with Crippen LogP contribution in [0, 0.1) is 5.41 Å². The van der Waals surface area contributed by atoms with Crippen LogP contribution in [-0.2, 0) is 9.53 Å². The van der Waals surface area contributed by atoms with E-state index < -0.39 is 0 Å². The van der Waals surface area contributed by atoms with Gasteiger partial charge >= 0.3 is 0 Å². The Balaban J connectivity index is 3.04. The summed E-state index contributed by atoms with van der Waals surface area (Å²) < 4.78 is 4.57. The van der Waals surface area contributed by atoms with Crippen LogP contribution in [0.15, 0.2) is 0 Å². The molecule has 0 saturated carbocycles. The Morgan fingerprint density at radius 3 is 2.38 bits per heavy atom. The fraction of sp³-hybridized carbons (Fsp3) is 0.889.